The van der Waals surface area contributed by atoms with Crippen LogP contribution in [0.3, 0.4) is 0 Å². The fraction of sp³-hybridized carbons (Fsp3) is 0.429. The van der Waals surface area contributed by atoms with Crippen molar-refractivity contribution in [1.29, 1.82) is 0 Å². The molecule has 1 rings (SSSR count). The second kappa shape index (κ2) is 8.42. The third kappa shape index (κ3) is 6.15. The van der Waals surface area contributed by atoms with Gasteiger partial charge < -0.3 is 14.8 Å². The van der Waals surface area contributed by atoms with E-state index in [1.165, 1.54) is 5.56 Å². The molecule has 0 aliphatic carbocycles. The van der Waals surface area contributed by atoms with Gasteiger partial charge in [-0.15, -0.1) is 0 Å². The standard InChI is InChI=1S/C14H19NO3/c1-12(11-14(17)15-8-9-16)18-10-7-13-5-3-2-4-6-13/h2-6,9,12H,7-8,10-11H2,1H3,(H,15,17). The highest BCUT2D eigenvalue weighted by atomic mass is 16.5. The summed E-state index contributed by atoms with van der Waals surface area (Å²) >= 11 is 0. The third-order valence-electron chi connectivity index (χ3n) is 2.49. The van der Waals surface area contributed by atoms with E-state index in [1.807, 2.05) is 37.3 Å². The molecule has 0 saturated carbocycles. The van der Waals surface area contributed by atoms with Crippen LogP contribution in [0.2, 0.25) is 0 Å². The van der Waals surface area contributed by atoms with Gasteiger partial charge in [-0.25, -0.2) is 0 Å². The summed E-state index contributed by atoms with van der Waals surface area (Å²) in [7, 11) is 0. The summed E-state index contributed by atoms with van der Waals surface area (Å²) in [4.78, 5) is 21.4. The van der Waals surface area contributed by atoms with E-state index in [-0.39, 0.29) is 25.0 Å². The van der Waals surface area contributed by atoms with Gasteiger partial charge in [0.1, 0.15) is 6.29 Å². The zero-order valence-electron chi connectivity index (χ0n) is 10.6. The number of benzene rings is 1. The van der Waals surface area contributed by atoms with Crippen LogP contribution in [-0.4, -0.2) is 31.4 Å². The molecule has 0 radical (unpaired) electrons. The minimum atomic E-state index is -0.158. The van der Waals surface area contributed by atoms with Crippen LogP contribution in [0, 0.1) is 0 Å². The maximum atomic E-state index is 11.3. The Kier molecular flexibility index (Phi) is 6.72. The molecule has 0 aliphatic heterocycles. The molecule has 0 heterocycles. The lowest BCUT2D eigenvalue weighted by atomic mass is 10.2. The predicted molar refractivity (Wildman–Crippen MR) is 69.3 cm³/mol. The Morgan fingerprint density at radius 1 is 1.39 bits per heavy atom. The molecule has 0 aliphatic rings. The minimum Gasteiger partial charge on any atom is -0.378 e. The number of rotatable bonds is 8. The monoisotopic (exact) mass is 249 g/mol. The van der Waals surface area contributed by atoms with E-state index in [2.05, 4.69) is 5.32 Å². The summed E-state index contributed by atoms with van der Waals surface area (Å²) in [6.07, 6.45) is 1.64. The van der Waals surface area contributed by atoms with Crippen LogP contribution >= 0.6 is 0 Å². The lowest BCUT2D eigenvalue weighted by Crippen LogP contribution is -2.29. The van der Waals surface area contributed by atoms with Gasteiger partial charge in [0.05, 0.1) is 25.7 Å². The highest BCUT2D eigenvalue weighted by Gasteiger charge is 2.08. The van der Waals surface area contributed by atoms with Crippen LogP contribution < -0.4 is 5.32 Å². The van der Waals surface area contributed by atoms with Gasteiger partial charge in [0.2, 0.25) is 5.91 Å². The first-order valence-electron chi connectivity index (χ1n) is 6.08. The number of ether oxygens (including phenoxy) is 1. The Balaban J connectivity index is 2.15. The number of carbonyl (C=O) groups is 2. The molecule has 0 bridgehead atoms. The van der Waals surface area contributed by atoms with Crippen LogP contribution in [0.15, 0.2) is 30.3 Å². The summed E-state index contributed by atoms with van der Waals surface area (Å²) in [6, 6.07) is 10.1. The van der Waals surface area contributed by atoms with Crippen LogP contribution in [0.5, 0.6) is 0 Å². The summed E-state index contributed by atoms with van der Waals surface area (Å²) in [5.41, 5.74) is 1.22. The lowest BCUT2D eigenvalue weighted by Gasteiger charge is -2.12. The number of nitrogens with one attached hydrogen (secondary N) is 1. The summed E-state index contributed by atoms with van der Waals surface area (Å²) < 4.78 is 5.55. The van der Waals surface area contributed by atoms with Gasteiger partial charge in [-0.3, -0.25) is 4.79 Å². The Labute approximate surface area is 107 Å². The molecule has 1 aromatic carbocycles. The van der Waals surface area contributed by atoms with Crippen molar-refractivity contribution in [2.24, 2.45) is 0 Å². The van der Waals surface area contributed by atoms with E-state index in [1.54, 1.807) is 0 Å². The fourth-order valence-corrected chi connectivity index (χ4v) is 1.57. The van der Waals surface area contributed by atoms with Gasteiger partial charge in [-0.2, -0.15) is 0 Å². The maximum absolute atomic E-state index is 11.3. The number of carbonyl (C=O) groups excluding carboxylic acids is 2. The Morgan fingerprint density at radius 3 is 2.78 bits per heavy atom. The lowest BCUT2D eigenvalue weighted by molar-refractivity contribution is -0.124. The SMILES string of the molecule is CC(CC(=O)NCC=O)OCCc1ccccc1. The Bertz CT molecular complexity index is 365. The van der Waals surface area contributed by atoms with Crippen molar-refractivity contribution in [3.05, 3.63) is 35.9 Å². The summed E-state index contributed by atoms with van der Waals surface area (Å²) in [6.45, 7) is 2.51. The van der Waals surface area contributed by atoms with Gasteiger partial charge in [0, 0.05) is 0 Å². The Hall–Kier alpha value is -1.68. The van der Waals surface area contributed by atoms with Gasteiger partial charge in [0.15, 0.2) is 0 Å². The molecular formula is C14H19NO3. The molecule has 4 heteroatoms. The molecule has 1 N–H and O–H groups in total. The van der Waals surface area contributed by atoms with E-state index < -0.39 is 0 Å². The van der Waals surface area contributed by atoms with Gasteiger partial charge in [-0.1, -0.05) is 30.3 Å². The molecule has 0 spiro atoms. The van der Waals surface area contributed by atoms with Crippen molar-refractivity contribution in [1.82, 2.24) is 5.32 Å². The zero-order chi connectivity index (χ0) is 13.2. The van der Waals surface area contributed by atoms with E-state index in [9.17, 15) is 9.59 Å². The third-order valence-corrected chi connectivity index (χ3v) is 2.49. The second-order valence-electron chi connectivity index (χ2n) is 4.09. The summed E-state index contributed by atoms with van der Waals surface area (Å²) in [5.74, 6) is -0.158. The normalized spacial score (nSPS) is 11.8. The molecular weight excluding hydrogens is 230 g/mol. The van der Waals surface area contributed by atoms with Gasteiger partial charge in [0.25, 0.3) is 0 Å². The maximum Gasteiger partial charge on any atom is 0.222 e. The van der Waals surface area contributed by atoms with Crippen LogP contribution in [0.25, 0.3) is 0 Å². The van der Waals surface area contributed by atoms with Gasteiger partial charge >= 0.3 is 0 Å². The molecule has 1 atom stereocenters. The first-order valence-corrected chi connectivity index (χ1v) is 6.08. The van der Waals surface area contributed by atoms with Crippen molar-refractivity contribution in [2.75, 3.05) is 13.2 Å². The second-order valence-corrected chi connectivity index (χ2v) is 4.09. The first-order chi connectivity index (χ1) is 8.72. The smallest absolute Gasteiger partial charge is 0.222 e. The minimum absolute atomic E-state index is 0.0650. The van der Waals surface area contributed by atoms with Crippen molar-refractivity contribution in [2.45, 2.75) is 25.9 Å². The average molecular weight is 249 g/mol. The number of aldehydes is 1. The molecule has 4 nitrogen and oxygen atoms in total. The molecule has 0 saturated heterocycles. The molecule has 18 heavy (non-hydrogen) atoms. The van der Waals surface area contributed by atoms with E-state index >= 15 is 0 Å². The first kappa shape index (κ1) is 14.4. The molecule has 1 aromatic rings. The predicted octanol–water partition coefficient (Wildman–Crippen LogP) is 1.34. The average Bonchev–Trinajstić information content (AvgIpc) is 2.37. The molecule has 1 amide bonds. The quantitative estimate of drug-likeness (QED) is 0.707. The van der Waals surface area contributed by atoms with Crippen LogP contribution in [0.4, 0.5) is 0 Å². The van der Waals surface area contributed by atoms with Crippen LogP contribution in [-0.2, 0) is 20.7 Å². The zero-order valence-corrected chi connectivity index (χ0v) is 10.6. The topological polar surface area (TPSA) is 55.4 Å². The molecule has 98 valence electrons. The number of amides is 1. The van der Waals surface area contributed by atoms with E-state index in [0.717, 1.165) is 6.42 Å². The summed E-state index contributed by atoms with van der Waals surface area (Å²) in [5, 5.41) is 2.48. The van der Waals surface area contributed by atoms with E-state index in [4.69, 9.17) is 4.74 Å². The van der Waals surface area contributed by atoms with E-state index in [0.29, 0.717) is 12.9 Å². The fourth-order valence-electron chi connectivity index (χ4n) is 1.57. The largest absolute Gasteiger partial charge is 0.378 e. The highest BCUT2D eigenvalue weighted by molar-refractivity contribution is 5.78. The van der Waals surface area contributed by atoms with Crippen molar-refractivity contribution in [3.63, 3.8) is 0 Å². The Morgan fingerprint density at radius 2 is 2.11 bits per heavy atom. The van der Waals surface area contributed by atoms with Gasteiger partial charge in [-0.05, 0) is 18.9 Å². The number of hydrogen-bond donors (Lipinski definition) is 1. The van der Waals surface area contributed by atoms with Crippen molar-refractivity contribution in [3.8, 4) is 0 Å². The van der Waals surface area contributed by atoms with Crippen LogP contribution in [0.1, 0.15) is 18.9 Å². The highest BCUT2D eigenvalue weighted by Crippen LogP contribution is 2.02. The van der Waals surface area contributed by atoms with Crippen molar-refractivity contribution >= 4 is 12.2 Å². The van der Waals surface area contributed by atoms with Crippen molar-refractivity contribution < 1.29 is 14.3 Å². The molecule has 0 aromatic heterocycles. The molecule has 0 fully saturated rings. The number of hydrogen-bond acceptors (Lipinski definition) is 3. The molecule has 1 unspecified atom stereocenters.